The monoisotopic (exact) mass is 311 g/mol. The lowest BCUT2D eigenvalue weighted by atomic mass is 10.0. The van der Waals surface area contributed by atoms with Crippen LogP contribution in [-0.4, -0.2) is 11.8 Å². The molecule has 1 N–H and O–H groups in total. The lowest BCUT2D eigenvalue weighted by molar-refractivity contribution is 0.0879. The Morgan fingerprint density at radius 3 is 2.59 bits per heavy atom. The van der Waals surface area contributed by atoms with E-state index in [-0.39, 0.29) is 11.8 Å². The lowest BCUT2D eigenvalue weighted by Gasteiger charge is -2.09. The van der Waals surface area contributed by atoms with Gasteiger partial charge in [-0.3, -0.25) is 14.9 Å². The number of imide groups is 1. The molecule has 1 aliphatic rings. The Kier molecular flexibility index (Phi) is 4.03. The molecule has 0 aromatic heterocycles. The molecule has 0 bridgehead atoms. The maximum absolute atomic E-state index is 11.9. The Labute approximate surface area is 134 Å². The molecule has 0 atom stereocenters. The van der Waals surface area contributed by atoms with E-state index in [4.69, 9.17) is 0 Å². The highest BCUT2D eigenvalue weighted by Gasteiger charge is 2.29. The first-order valence-electron chi connectivity index (χ1n) is 7.26. The summed E-state index contributed by atoms with van der Waals surface area (Å²) in [6.45, 7) is 4.35. The Hall–Kier alpha value is -2.07. The van der Waals surface area contributed by atoms with Crippen molar-refractivity contribution in [2.45, 2.75) is 30.4 Å². The fourth-order valence-corrected chi connectivity index (χ4v) is 3.53. The molecule has 1 aliphatic heterocycles. The van der Waals surface area contributed by atoms with Crippen molar-refractivity contribution in [3.05, 3.63) is 64.7 Å². The molecule has 0 radical (unpaired) electrons. The van der Waals surface area contributed by atoms with Crippen LogP contribution in [0.15, 0.2) is 47.4 Å². The lowest BCUT2D eigenvalue weighted by Crippen LogP contribution is -2.20. The van der Waals surface area contributed by atoms with Crippen LogP contribution < -0.4 is 5.32 Å². The number of hydrogen-bond acceptors (Lipinski definition) is 3. The molecule has 2 aromatic rings. The smallest absolute Gasteiger partial charge is 0.260 e. The largest absolute Gasteiger partial charge is 0.288 e. The molecule has 22 heavy (non-hydrogen) atoms. The molecular weight excluding hydrogens is 294 g/mol. The first-order chi connectivity index (χ1) is 10.6. The zero-order valence-corrected chi connectivity index (χ0v) is 13.4. The van der Waals surface area contributed by atoms with Gasteiger partial charge in [0, 0.05) is 10.6 Å². The molecule has 0 unspecified atom stereocenters. The van der Waals surface area contributed by atoms with Crippen LogP contribution in [0.5, 0.6) is 0 Å². The van der Waals surface area contributed by atoms with Crippen molar-refractivity contribution in [3.8, 4) is 0 Å². The average molecular weight is 311 g/mol. The Morgan fingerprint density at radius 2 is 1.82 bits per heavy atom. The van der Waals surface area contributed by atoms with Crippen LogP contribution in [-0.2, 0) is 5.75 Å². The topological polar surface area (TPSA) is 46.2 Å². The van der Waals surface area contributed by atoms with E-state index in [1.54, 1.807) is 17.8 Å². The predicted octanol–water partition coefficient (Wildman–Crippen LogP) is 3.99. The molecule has 112 valence electrons. The van der Waals surface area contributed by atoms with Crippen molar-refractivity contribution < 1.29 is 9.59 Å². The van der Waals surface area contributed by atoms with Crippen LogP contribution in [0.4, 0.5) is 0 Å². The van der Waals surface area contributed by atoms with Crippen molar-refractivity contribution in [3.63, 3.8) is 0 Å². The van der Waals surface area contributed by atoms with Crippen LogP contribution in [0.25, 0.3) is 0 Å². The van der Waals surface area contributed by atoms with Gasteiger partial charge < -0.3 is 0 Å². The van der Waals surface area contributed by atoms with Gasteiger partial charge in [0.2, 0.25) is 0 Å². The second-order valence-corrected chi connectivity index (χ2v) is 6.67. The summed E-state index contributed by atoms with van der Waals surface area (Å²) in [6, 6.07) is 13.9. The number of nitrogens with one attached hydrogen (secondary N) is 1. The summed E-state index contributed by atoms with van der Waals surface area (Å²) in [5.41, 5.74) is 3.52. The van der Waals surface area contributed by atoms with Gasteiger partial charge in [0.1, 0.15) is 0 Å². The number of benzene rings is 2. The molecular formula is C18H17NO2S. The molecule has 0 saturated heterocycles. The fraction of sp³-hybridized carbons (Fsp3) is 0.222. The highest BCUT2D eigenvalue weighted by atomic mass is 32.2. The van der Waals surface area contributed by atoms with Gasteiger partial charge in [0.25, 0.3) is 11.8 Å². The maximum Gasteiger partial charge on any atom is 0.260 e. The van der Waals surface area contributed by atoms with Crippen LogP contribution >= 0.6 is 11.8 Å². The third kappa shape index (κ3) is 2.79. The Morgan fingerprint density at radius 1 is 1.05 bits per heavy atom. The number of rotatable bonds is 4. The minimum Gasteiger partial charge on any atom is -0.288 e. The quantitative estimate of drug-likeness (QED) is 0.686. The zero-order valence-electron chi connectivity index (χ0n) is 12.6. The summed E-state index contributed by atoms with van der Waals surface area (Å²) >= 11 is 1.59. The third-order valence-electron chi connectivity index (χ3n) is 3.74. The van der Waals surface area contributed by atoms with E-state index < -0.39 is 0 Å². The van der Waals surface area contributed by atoms with Gasteiger partial charge in [-0.15, -0.1) is 11.8 Å². The van der Waals surface area contributed by atoms with Crippen LogP contribution in [0.1, 0.15) is 51.6 Å². The normalized spacial score (nSPS) is 13.4. The SMILES string of the molecule is CC(C)c1cccc(CSc2cccc3c2C(=O)NC3=O)c1. The van der Waals surface area contributed by atoms with Gasteiger partial charge in [0.15, 0.2) is 0 Å². The van der Waals surface area contributed by atoms with Gasteiger partial charge in [-0.05, 0) is 29.2 Å². The number of carbonyl (C=O) groups excluding carboxylic acids is 2. The fourth-order valence-electron chi connectivity index (χ4n) is 2.51. The summed E-state index contributed by atoms with van der Waals surface area (Å²) in [7, 11) is 0. The van der Waals surface area contributed by atoms with E-state index >= 15 is 0 Å². The van der Waals surface area contributed by atoms with Gasteiger partial charge >= 0.3 is 0 Å². The highest BCUT2D eigenvalue weighted by molar-refractivity contribution is 7.98. The summed E-state index contributed by atoms with van der Waals surface area (Å²) < 4.78 is 0. The number of carbonyl (C=O) groups is 2. The predicted molar refractivity (Wildman–Crippen MR) is 88.3 cm³/mol. The van der Waals surface area contributed by atoms with Crippen molar-refractivity contribution in [1.29, 1.82) is 0 Å². The van der Waals surface area contributed by atoms with Crippen molar-refractivity contribution in [1.82, 2.24) is 5.32 Å². The first-order valence-corrected chi connectivity index (χ1v) is 8.25. The van der Waals surface area contributed by atoms with Crippen molar-refractivity contribution in [2.75, 3.05) is 0 Å². The van der Waals surface area contributed by atoms with E-state index in [1.807, 2.05) is 12.1 Å². The molecule has 3 rings (SSSR count). The van der Waals surface area contributed by atoms with E-state index in [0.717, 1.165) is 10.6 Å². The van der Waals surface area contributed by atoms with Gasteiger partial charge in [0.05, 0.1) is 11.1 Å². The van der Waals surface area contributed by atoms with Crippen LogP contribution in [0.3, 0.4) is 0 Å². The number of hydrogen-bond donors (Lipinski definition) is 1. The van der Waals surface area contributed by atoms with Gasteiger partial charge in [-0.1, -0.05) is 44.2 Å². The van der Waals surface area contributed by atoms with Crippen LogP contribution in [0.2, 0.25) is 0 Å². The molecule has 0 saturated carbocycles. The molecule has 1 heterocycles. The summed E-state index contributed by atoms with van der Waals surface area (Å²) in [6.07, 6.45) is 0. The van der Waals surface area contributed by atoms with E-state index in [1.165, 1.54) is 11.1 Å². The third-order valence-corrected chi connectivity index (χ3v) is 4.87. The second-order valence-electron chi connectivity index (χ2n) is 5.65. The minimum absolute atomic E-state index is 0.293. The molecule has 0 spiro atoms. The molecule has 0 fully saturated rings. The standard InChI is InChI=1S/C18H17NO2S/c1-11(2)13-6-3-5-12(9-13)10-22-15-8-4-7-14-16(15)18(21)19-17(14)20/h3-9,11H,10H2,1-2H3,(H,19,20,21). The number of fused-ring (bicyclic) bond motifs is 1. The van der Waals surface area contributed by atoms with Crippen molar-refractivity contribution >= 4 is 23.6 Å². The maximum atomic E-state index is 11.9. The second kappa shape index (κ2) is 5.97. The molecule has 3 nitrogen and oxygen atoms in total. The van der Waals surface area contributed by atoms with E-state index in [9.17, 15) is 9.59 Å². The van der Waals surface area contributed by atoms with Gasteiger partial charge in [-0.25, -0.2) is 0 Å². The summed E-state index contributed by atoms with van der Waals surface area (Å²) in [5, 5.41) is 2.35. The molecule has 2 aromatic carbocycles. The molecule has 2 amide bonds. The van der Waals surface area contributed by atoms with E-state index in [2.05, 4.69) is 43.4 Å². The highest BCUT2D eigenvalue weighted by Crippen LogP contribution is 2.31. The van der Waals surface area contributed by atoms with Gasteiger partial charge in [-0.2, -0.15) is 0 Å². The summed E-state index contributed by atoms with van der Waals surface area (Å²) in [5.74, 6) is 0.677. The molecule has 4 heteroatoms. The Bertz CT molecular complexity index is 753. The minimum atomic E-state index is -0.302. The number of amides is 2. The van der Waals surface area contributed by atoms with Crippen LogP contribution in [0, 0.1) is 0 Å². The summed E-state index contributed by atoms with van der Waals surface area (Å²) in [4.78, 5) is 24.4. The average Bonchev–Trinajstić information content (AvgIpc) is 2.81. The number of thioether (sulfide) groups is 1. The van der Waals surface area contributed by atoms with Crippen molar-refractivity contribution in [2.24, 2.45) is 0 Å². The first kappa shape index (κ1) is 14.9. The zero-order chi connectivity index (χ0) is 15.7. The molecule has 0 aliphatic carbocycles. The Balaban J connectivity index is 1.82. The van der Waals surface area contributed by atoms with E-state index in [0.29, 0.717) is 17.0 Å².